The van der Waals surface area contributed by atoms with Gasteiger partial charge in [0.25, 0.3) is 0 Å². The quantitative estimate of drug-likeness (QED) is 0.282. The minimum absolute atomic E-state index is 0.00203. The predicted octanol–water partition coefficient (Wildman–Crippen LogP) is 5.90. The molecule has 7 nitrogen and oxygen atoms in total. The highest BCUT2D eigenvalue weighted by atomic mass is 35.5. The summed E-state index contributed by atoms with van der Waals surface area (Å²) in [6.45, 7) is 4.21. The van der Waals surface area contributed by atoms with Crippen LogP contribution in [0.3, 0.4) is 0 Å². The fourth-order valence-electron chi connectivity index (χ4n) is 5.08. The summed E-state index contributed by atoms with van der Waals surface area (Å²) in [6.07, 6.45) is 1.80. The summed E-state index contributed by atoms with van der Waals surface area (Å²) in [5, 5.41) is 7.64. The van der Waals surface area contributed by atoms with Crippen LogP contribution in [0.25, 0.3) is 5.69 Å². The van der Waals surface area contributed by atoms with E-state index < -0.39 is 0 Å². The van der Waals surface area contributed by atoms with Gasteiger partial charge < -0.3 is 24.8 Å². The number of hydrogen-bond acceptors (Lipinski definition) is 4. The van der Waals surface area contributed by atoms with E-state index in [0.717, 1.165) is 34.0 Å². The molecule has 5 rings (SSSR count). The topological polar surface area (TPSA) is 71.4 Å². The van der Waals surface area contributed by atoms with Gasteiger partial charge in [0.2, 0.25) is 5.91 Å². The molecule has 3 heterocycles. The van der Waals surface area contributed by atoms with Crippen molar-refractivity contribution in [2.75, 3.05) is 23.9 Å². The van der Waals surface area contributed by atoms with Gasteiger partial charge in [0.15, 0.2) is 5.11 Å². The van der Waals surface area contributed by atoms with Crippen LogP contribution in [0.15, 0.2) is 79.0 Å². The second kappa shape index (κ2) is 10.9. The van der Waals surface area contributed by atoms with Crippen LogP contribution in [-0.2, 0) is 9.53 Å². The summed E-state index contributed by atoms with van der Waals surface area (Å²) < 4.78 is 7.13. The Morgan fingerprint density at radius 2 is 1.87 bits per heavy atom. The molecule has 2 aromatic carbocycles. The van der Waals surface area contributed by atoms with Crippen LogP contribution in [0.5, 0.6) is 0 Å². The minimum atomic E-state index is -0.208. The second-order valence-electron chi connectivity index (χ2n) is 9.17. The van der Waals surface area contributed by atoms with Gasteiger partial charge in [-0.2, -0.15) is 0 Å². The fraction of sp³-hybridized carbons (Fsp3) is 0.207. The first kappa shape index (κ1) is 25.9. The molecule has 2 atom stereocenters. The molecule has 1 aliphatic rings. The number of anilines is 2. The number of aryl methyl sites for hydroxylation is 1. The maximum atomic E-state index is 12.0. The molecule has 1 fully saturated rings. The molecule has 194 valence electrons. The van der Waals surface area contributed by atoms with Gasteiger partial charge in [0.05, 0.1) is 17.8 Å². The number of rotatable bonds is 7. The molecule has 0 aliphatic carbocycles. The SMILES string of the molecule is COCC(=O)Nc1ccc(N2C(=S)N[C@@H](c3ccccn3)[C@@H]2c2cc(C)n(-c3cccc(Cl)c3)c2C)cc1. The fourth-order valence-corrected chi connectivity index (χ4v) is 5.61. The van der Waals surface area contributed by atoms with Gasteiger partial charge in [-0.3, -0.25) is 9.78 Å². The van der Waals surface area contributed by atoms with Crippen molar-refractivity contribution in [3.8, 4) is 5.69 Å². The van der Waals surface area contributed by atoms with Gasteiger partial charge in [0, 0.05) is 46.8 Å². The van der Waals surface area contributed by atoms with Crippen molar-refractivity contribution in [2.24, 2.45) is 0 Å². The summed E-state index contributed by atoms with van der Waals surface area (Å²) in [5.74, 6) is -0.208. The summed E-state index contributed by atoms with van der Waals surface area (Å²) in [4.78, 5) is 18.7. The molecule has 0 spiro atoms. The number of carbonyl (C=O) groups excluding carboxylic acids is 1. The van der Waals surface area contributed by atoms with Crippen LogP contribution in [0, 0.1) is 13.8 Å². The van der Waals surface area contributed by atoms with Gasteiger partial charge in [-0.05, 0) is 92.3 Å². The van der Waals surface area contributed by atoms with Gasteiger partial charge >= 0.3 is 0 Å². The molecule has 2 aromatic heterocycles. The summed E-state index contributed by atoms with van der Waals surface area (Å²) in [6, 6.07) is 23.3. The van der Waals surface area contributed by atoms with Gasteiger partial charge in [-0.25, -0.2) is 0 Å². The molecule has 4 aromatic rings. The van der Waals surface area contributed by atoms with E-state index in [1.54, 1.807) is 6.20 Å². The number of nitrogens with zero attached hydrogens (tertiary/aromatic N) is 3. The van der Waals surface area contributed by atoms with Crippen molar-refractivity contribution in [1.82, 2.24) is 14.9 Å². The van der Waals surface area contributed by atoms with E-state index in [9.17, 15) is 4.79 Å². The number of hydrogen-bond donors (Lipinski definition) is 2. The number of aromatic nitrogens is 2. The van der Waals surface area contributed by atoms with Crippen molar-refractivity contribution in [3.05, 3.63) is 107 Å². The molecule has 0 radical (unpaired) electrons. The van der Waals surface area contributed by atoms with Crippen LogP contribution >= 0.6 is 23.8 Å². The van der Waals surface area contributed by atoms with Crippen molar-refractivity contribution in [1.29, 1.82) is 0 Å². The molecule has 1 saturated heterocycles. The van der Waals surface area contributed by atoms with E-state index in [1.807, 2.05) is 60.7 Å². The van der Waals surface area contributed by atoms with Crippen LogP contribution in [0.1, 0.15) is 34.7 Å². The minimum Gasteiger partial charge on any atom is -0.375 e. The van der Waals surface area contributed by atoms with E-state index in [2.05, 4.69) is 51.1 Å². The predicted molar refractivity (Wildman–Crippen MR) is 155 cm³/mol. The molecule has 9 heteroatoms. The molecule has 0 unspecified atom stereocenters. The molecule has 0 bridgehead atoms. The van der Waals surface area contributed by atoms with Crippen molar-refractivity contribution in [2.45, 2.75) is 25.9 Å². The first-order valence-electron chi connectivity index (χ1n) is 12.2. The summed E-state index contributed by atoms with van der Waals surface area (Å²) in [7, 11) is 1.49. The van der Waals surface area contributed by atoms with Crippen LogP contribution in [0.4, 0.5) is 11.4 Å². The number of benzene rings is 2. The third kappa shape index (κ3) is 5.03. The number of ether oxygens (including phenoxy) is 1. The van der Waals surface area contributed by atoms with Crippen molar-refractivity contribution < 1.29 is 9.53 Å². The van der Waals surface area contributed by atoms with Crippen molar-refractivity contribution >= 4 is 46.2 Å². The summed E-state index contributed by atoms with van der Waals surface area (Å²) in [5.41, 5.74) is 6.81. The van der Waals surface area contributed by atoms with E-state index in [-0.39, 0.29) is 24.6 Å². The van der Waals surface area contributed by atoms with Crippen LogP contribution < -0.4 is 15.5 Å². The average Bonchev–Trinajstić information content (AvgIpc) is 3.40. The molecule has 38 heavy (non-hydrogen) atoms. The van der Waals surface area contributed by atoms with Crippen LogP contribution in [0.2, 0.25) is 5.02 Å². The largest absolute Gasteiger partial charge is 0.375 e. The zero-order chi connectivity index (χ0) is 26.8. The highest BCUT2D eigenvalue weighted by molar-refractivity contribution is 7.80. The number of nitrogens with one attached hydrogen (secondary N) is 2. The van der Waals surface area contributed by atoms with Crippen molar-refractivity contribution in [3.63, 3.8) is 0 Å². The number of halogens is 1. The number of thiocarbonyl (C=S) groups is 1. The van der Waals surface area contributed by atoms with E-state index in [1.165, 1.54) is 7.11 Å². The van der Waals surface area contributed by atoms with Gasteiger partial charge in [-0.15, -0.1) is 0 Å². The van der Waals surface area contributed by atoms with E-state index in [4.69, 9.17) is 28.6 Å². The monoisotopic (exact) mass is 545 g/mol. The highest BCUT2D eigenvalue weighted by Crippen LogP contribution is 2.44. The maximum Gasteiger partial charge on any atom is 0.250 e. The third-order valence-corrected chi connectivity index (χ3v) is 7.21. The zero-order valence-corrected chi connectivity index (χ0v) is 22.9. The molecular weight excluding hydrogens is 518 g/mol. The van der Waals surface area contributed by atoms with Gasteiger partial charge in [-0.1, -0.05) is 23.7 Å². The average molecular weight is 546 g/mol. The number of pyridine rings is 1. The summed E-state index contributed by atoms with van der Waals surface area (Å²) >= 11 is 12.2. The molecule has 2 N–H and O–H groups in total. The Morgan fingerprint density at radius 3 is 2.55 bits per heavy atom. The number of carbonyl (C=O) groups is 1. The highest BCUT2D eigenvalue weighted by Gasteiger charge is 2.42. The van der Waals surface area contributed by atoms with Crippen LogP contribution in [-0.4, -0.2) is 34.3 Å². The molecule has 0 saturated carbocycles. The first-order chi connectivity index (χ1) is 18.4. The second-order valence-corrected chi connectivity index (χ2v) is 9.99. The Hall–Kier alpha value is -3.72. The lowest BCUT2D eigenvalue weighted by molar-refractivity contribution is -0.119. The first-order valence-corrected chi connectivity index (χ1v) is 13.0. The van der Waals surface area contributed by atoms with E-state index >= 15 is 0 Å². The van der Waals surface area contributed by atoms with Gasteiger partial charge in [0.1, 0.15) is 6.61 Å². The maximum absolute atomic E-state index is 12.0. The Balaban J connectivity index is 1.58. The lowest BCUT2D eigenvalue weighted by atomic mass is 9.96. The lowest BCUT2D eigenvalue weighted by Gasteiger charge is -2.28. The Morgan fingerprint density at radius 1 is 1.08 bits per heavy atom. The number of methoxy groups -OCH3 is 1. The molecular formula is C29H28ClN5O2S. The molecule has 1 aliphatic heterocycles. The normalized spacial score (nSPS) is 16.9. The Kier molecular flexibility index (Phi) is 7.46. The molecule has 1 amide bonds. The smallest absolute Gasteiger partial charge is 0.250 e. The Bertz CT molecular complexity index is 1470. The zero-order valence-electron chi connectivity index (χ0n) is 21.3. The third-order valence-electron chi connectivity index (χ3n) is 6.66. The standard InChI is InChI=1S/C29H28ClN5O2S/c1-18-15-24(19(2)34(18)23-8-6-7-20(30)16-23)28-27(25-9-4-5-14-31-25)33-29(38)35(28)22-12-10-21(11-13-22)32-26(36)17-37-3/h4-16,27-28H,17H2,1-3H3,(H,32,36)(H,33,38)/t27-,28-/m0/s1. The van der Waals surface area contributed by atoms with E-state index in [0.29, 0.717) is 15.8 Å². The number of amides is 1. The lowest BCUT2D eigenvalue weighted by Crippen LogP contribution is -2.29. The Labute approximate surface area is 232 Å².